The number of thiophene rings is 1. The number of likely N-dealkylation sites (N-methyl/N-ethyl adjacent to an activating group) is 1. The molecule has 0 saturated carbocycles. The molecule has 0 spiro atoms. The Labute approximate surface area is 204 Å². The molecule has 1 aliphatic rings. The molecule has 0 atom stereocenters. The lowest BCUT2D eigenvalue weighted by molar-refractivity contribution is -0.108. The Morgan fingerprint density at radius 3 is 2.69 bits per heavy atom. The Balaban J connectivity index is 1.55. The topological polar surface area (TPSA) is 141 Å². The second-order valence-corrected chi connectivity index (χ2v) is 9.25. The summed E-state index contributed by atoms with van der Waals surface area (Å²) in [7, 11) is 1.50. The van der Waals surface area contributed by atoms with Gasteiger partial charge in [0.2, 0.25) is 5.82 Å². The summed E-state index contributed by atoms with van der Waals surface area (Å²) in [5.41, 5.74) is 2.33. The number of hydrogen-bond donors (Lipinski definition) is 3. The van der Waals surface area contributed by atoms with Crippen molar-refractivity contribution >= 4 is 45.9 Å². The zero-order valence-corrected chi connectivity index (χ0v) is 20.2. The van der Waals surface area contributed by atoms with Gasteiger partial charge in [-0.15, -0.1) is 11.3 Å². The number of aldehydes is 2. The Kier molecular flexibility index (Phi) is 6.61. The molecule has 2 amide bonds. The first kappa shape index (κ1) is 24.0. The van der Waals surface area contributed by atoms with E-state index < -0.39 is 11.8 Å². The van der Waals surface area contributed by atoms with E-state index in [1.165, 1.54) is 23.3 Å². The van der Waals surface area contributed by atoms with Crippen LogP contribution in [0.15, 0.2) is 34.4 Å². The molecule has 11 heteroatoms. The van der Waals surface area contributed by atoms with Gasteiger partial charge in [-0.25, -0.2) is 4.98 Å². The van der Waals surface area contributed by atoms with Crippen molar-refractivity contribution in [1.29, 1.82) is 0 Å². The van der Waals surface area contributed by atoms with Crippen molar-refractivity contribution in [2.45, 2.75) is 26.8 Å². The molecule has 10 nitrogen and oxygen atoms in total. The van der Waals surface area contributed by atoms with Gasteiger partial charge in [-0.05, 0) is 43.0 Å². The third-order valence-electron chi connectivity index (χ3n) is 6.03. The number of nitrogens with zero attached hydrogens (tertiary/aromatic N) is 2. The van der Waals surface area contributed by atoms with Crippen molar-refractivity contribution in [3.05, 3.63) is 72.9 Å². The molecular formula is C24H23N5O5S. The number of carbonyl (C=O) groups is 4. The van der Waals surface area contributed by atoms with Gasteiger partial charge in [0.15, 0.2) is 12.6 Å². The lowest BCUT2D eigenvalue weighted by atomic mass is 9.96. The Morgan fingerprint density at radius 1 is 1.23 bits per heavy atom. The van der Waals surface area contributed by atoms with Crippen molar-refractivity contribution in [2.24, 2.45) is 0 Å². The van der Waals surface area contributed by atoms with Gasteiger partial charge < -0.3 is 20.5 Å². The molecule has 180 valence electrons. The van der Waals surface area contributed by atoms with Crippen LogP contribution in [0.25, 0.3) is 10.2 Å². The van der Waals surface area contributed by atoms with Crippen molar-refractivity contribution < 1.29 is 19.2 Å². The predicted molar refractivity (Wildman–Crippen MR) is 130 cm³/mol. The minimum Gasteiger partial charge on any atom is -0.384 e. The summed E-state index contributed by atoms with van der Waals surface area (Å²) in [4.78, 5) is 70.7. The van der Waals surface area contributed by atoms with Gasteiger partial charge in [-0.3, -0.25) is 24.0 Å². The maximum atomic E-state index is 13.1. The molecule has 3 aromatic rings. The third kappa shape index (κ3) is 4.37. The third-order valence-corrected chi connectivity index (χ3v) is 7.13. The van der Waals surface area contributed by atoms with Gasteiger partial charge in [0.1, 0.15) is 16.2 Å². The Bertz CT molecular complexity index is 1470. The average molecular weight is 494 g/mol. The first-order valence-electron chi connectivity index (χ1n) is 10.8. The smallest absolute Gasteiger partial charge is 0.287 e. The van der Waals surface area contributed by atoms with Crippen LogP contribution >= 0.6 is 11.3 Å². The van der Waals surface area contributed by atoms with Gasteiger partial charge in [0.25, 0.3) is 17.4 Å². The fourth-order valence-corrected chi connectivity index (χ4v) is 5.04. The van der Waals surface area contributed by atoms with Crippen LogP contribution < -0.4 is 16.2 Å². The highest BCUT2D eigenvalue weighted by Crippen LogP contribution is 2.26. The fourth-order valence-electron chi connectivity index (χ4n) is 4.01. The number of nitrogens with one attached hydrogen (secondary N) is 3. The zero-order valence-electron chi connectivity index (χ0n) is 19.4. The number of aryl methyl sites for hydroxylation is 2. The molecule has 2 aromatic heterocycles. The number of aromatic nitrogens is 2. The molecular weight excluding hydrogens is 470 g/mol. The highest BCUT2D eigenvalue weighted by molar-refractivity contribution is 7.18. The second kappa shape index (κ2) is 9.63. The van der Waals surface area contributed by atoms with E-state index in [-0.39, 0.29) is 35.9 Å². The molecule has 4 rings (SSSR count). The highest BCUT2D eigenvalue weighted by atomic mass is 32.1. The van der Waals surface area contributed by atoms with Crippen LogP contribution in [-0.4, -0.2) is 52.8 Å². The van der Waals surface area contributed by atoms with Crippen molar-refractivity contribution in [3.8, 4) is 0 Å². The molecule has 1 aromatic carbocycles. The predicted octanol–water partition coefficient (Wildman–Crippen LogP) is 1.36. The maximum absolute atomic E-state index is 13.1. The molecule has 3 heterocycles. The second-order valence-electron chi connectivity index (χ2n) is 8.04. The number of allylic oxidation sites excluding steroid dienone is 2. The van der Waals surface area contributed by atoms with Gasteiger partial charge in [-0.2, -0.15) is 0 Å². The Hall–Kier alpha value is -4.12. The average Bonchev–Trinajstić information content (AvgIpc) is 3.15. The molecule has 0 fully saturated rings. The van der Waals surface area contributed by atoms with Gasteiger partial charge in [-0.1, -0.05) is 12.1 Å². The van der Waals surface area contributed by atoms with Crippen LogP contribution in [0.4, 0.5) is 0 Å². The summed E-state index contributed by atoms with van der Waals surface area (Å²) in [5.74, 6) is -1.04. The van der Waals surface area contributed by atoms with Crippen LogP contribution in [0, 0.1) is 13.8 Å². The molecule has 0 saturated heterocycles. The van der Waals surface area contributed by atoms with E-state index >= 15 is 0 Å². The molecule has 35 heavy (non-hydrogen) atoms. The zero-order chi connectivity index (χ0) is 25.3. The number of amides is 2. The SMILES string of the molecule is CN/C(C=O)=C(/C=O)N1CCc2ccc(CNC(=O)c3nc4sc(C)c(C)c4c(=O)[nH]3)cc2C1=O. The van der Waals surface area contributed by atoms with Crippen molar-refractivity contribution in [3.63, 3.8) is 0 Å². The van der Waals surface area contributed by atoms with Crippen molar-refractivity contribution in [2.75, 3.05) is 13.6 Å². The summed E-state index contributed by atoms with van der Waals surface area (Å²) in [5, 5.41) is 5.84. The van der Waals surface area contributed by atoms with Crippen LogP contribution in [0.3, 0.4) is 0 Å². The molecule has 0 radical (unpaired) electrons. The summed E-state index contributed by atoms with van der Waals surface area (Å²) in [6.45, 7) is 4.09. The lowest BCUT2D eigenvalue weighted by Crippen LogP contribution is -2.39. The summed E-state index contributed by atoms with van der Waals surface area (Å²) >= 11 is 1.36. The number of hydrogen-bond acceptors (Lipinski definition) is 8. The number of fused-ring (bicyclic) bond motifs is 2. The summed E-state index contributed by atoms with van der Waals surface area (Å²) < 4.78 is 0. The first-order chi connectivity index (χ1) is 16.8. The summed E-state index contributed by atoms with van der Waals surface area (Å²) in [6.07, 6.45) is 1.48. The van der Waals surface area contributed by atoms with E-state index in [0.29, 0.717) is 40.3 Å². The van der Waals surface area contributed by atoms with Crippen LogP contribution in [0.1, 0.15) is 42.5 Å². The van der Waals surface area contributed by atoms with Gasteiger partial charge in [0, 0.05) is 30.6 Å². The lowest BCUT2D eigenvalue weighted by Gasteiger charge is -2.29. The highest BCUT2D eigenvalue weighted by Gasteiger charge is 2.28. The van der Waals surface area contributed by atoms with E-state index in [0.717, 1.165) is 16.0 Å². The van der Waals surface area contributed by atoms with E-state index in [1.54, 1.807) is 18.2 Å². The van der Waals surface area contributed by atoms with Crippen molar-refractivity contribution in [1.82, 2.24) is 25.5 Å². The summed E-state index contributed by atoms with van der Waals surface area (Å²) in [6, 6.07) is 5.25. The molecule has 3 N–H and O–H groups in total. The van der Waals surface area contributed by atoms with Crippen LogP contribution in [-0.2, 0) is 22.6 Å². The van der Waals surface area contributed by atoms with Crippen LogP contribution in [0.5, 0.6) is 0 Å². The number of rotatable bonds is 7. The fraction of sp³-hybridized carbons (Fsp3) is 0.250. The van der Waals surface area contributed by atoms with Crippen LogP contribution in [0.2, 0.25) is 0 Å². The van der Waals surface area contributed by atoms with E-state index in [2.05, 4.69) is 20.6 Å². The number of aromatic amines is 1. The molecule has 1 aliphatic heterocycles. The number of H-pyrrole nitrogens is 1. The minimum atomic E-state index is -0.547. The largest absolute Gasteiger partial charge is 0.384 e. The normalized spacial score (nSPS) is 13.8. The quantitative estimate of drug-likeness (QED) is 0.333. The molecule has 0 unspecified atom stereocenters. The molecule has 0 bridgehead atoms. The number of carbonyl (C=O) groups excluding carboxylic acids is 4. The Morgan fingerprint density at radius 2 is 2.00 bits per heavy atom. The molecule has 0 aliphatic carbocycles. The first-order valence-corrected chi connectivity index (χ1v) is 11.6. The number of benzene rings is 1. The standard InChI is InChI=1S/C24H23N5O5S/c1-12-13(2)35-23-19(12)21(32)27-20(28-23)22(33)26-9-14-4-5-15-6-7-29(24(34)16(15)8-14)18(11-31)17(10-30)25-3/h4-5,8,10-11,25H,6-7,9H2,1-3H3,(H,26,33)(H,27,28,32)/b18-17-. The van der Waals surface area contributed by atoms with E-state index in [9.17, 15) is 24.0 Å². The minimum absolute atomic E-state index is 0.0230. The van der Waals surface area contributed by atoms with E-state index in [1.807, 2.05) is 13.8 Å². The monoisotopic (exact) mass is 493 g/mol. The van der Waals surface area contributed by atoms with Gasteiger partial charge in [0.05, 0.1) is 5.39 Å². The van der Waals surface area contributed by atoms with Gasteiger partial charge >= 0.3 is 0 Å². The maximum Gasteiger partial charge on any atom is 0.287 e. The van der Waals surface area contributed by atoms with E-state index in [4.69, 9.17) is 0 Å².